The van der Waals surface area contributed by atoms with Crippen LogP contribution in [0.2, 0.25) is 0 Å². The molecule has 565 valence electrons. The van der Waals surface area contributed by atoms with Crippen LogP contribution in [0.4, 0.5) is 5.69 Å². The zero-order valence-corrected chi connectivity index (χ0v) is 73.7. The number of benzene rings is 11. The average molecular weight is 2370 g/mol. The number of aryl methyl sites for hydroxylation is 8. The maximum Gasteiger partial charge on any atom is 0.187 e. The van der Waals surface area contributed by atoms with Gasteiger partial charge in [-0.2, -0.15) is 0 Å². The molecule has 2 aliphatic carbocycles. The molecule has 0 spiro atoms. The first kappa shape index (κ1) is 79.7. The number of thiazole rings is 1. The second kappa shape index (κ2) is 32.9. The Morgan fingerprint density at radius 2 is 0.850 bits per heavy atom. The normalized spacial score (nSPS) is 12.1. The van der Waals surface area contributed by atoms with E-state index in [2.05, 4.69) is 248 Å². The van der Waals surface area contributed by atoms with E-state index in [1.165, 1.54) is 165 Å². The Hall–Kier alpha value is -9.90. The molecule has 0 unspecified atom stereocenters. The Morgan fingerprint density at radius 3 is 1.44 bits per heavy atom. The van der Waals surface area contributed by atoms with E-state index >= 15 is 0 Å². The van der Waals surface area contributed by atoms with Crippen molar-refractivity contribution in [3.05, 3.63) is 323 Å². The molecule has 5 radical (unpaired) electrons. The maximum absolute atomic E-state index is 7.28. The van der Waals surface area contributed by atoms with Gasteiger partial charge in [0.25, 0.3) is 0 Å². The molecule has 0 atom stereocenters. The molecule has 0 fully saturated rings. The van der Waals surface area contributed by atoms with Gasteiger partial charge in [0.15, 0.2) is 11.3 Å². The van der Waals surface area contributed by atoms with Crippen molar-refractivity contribution in [3.8, 4) is 11.1 Å². The largest absolute Gasteiger partial charge is 0.340 e. The summed E-state index contributed by atoms with van der Waals surface area (Å²) >= 11 is 1.62. The molecule has 11 aromatic carbocycles. The fraction of sp³-hybridized carbons (Fsp3) is 0.126. The minimum atomic E-state index is 0. The third-order valence-corrected chi connectivity index (χ3v) is 22.8. The van der Waals surface area contributed by atoms with E-state index in [-0.39, 0.29) is 108 Å². The standard InChI is InChI=1S/C24H16N3.C19H15N2.C18H13N2.C17H13N2.C16H8N3S.CH4.5Ir/c1-15-12-18(25-3)13-16(2)23(15)17-8-9-22-21(14-17)19-6-4-5-7-20(19)24-26-10-11-27(22)24;1-2-6-14-13(5-1)9-10-16-18(14)15-7-3-4-8-17(15)21-12-11-20-19(16)21;1-2-7-15-14(6-1)16-10-12-4-3-5-13(12)11-17(16)20-9-8-19-18(15)20;1-11-9-15-13-5-3-4-6-14(13)17-18-7-8-19(17)16(15)10-12(11)2;1-2-7-12-10(5-1)11-6-3-4-8-13(11)19-15(12)18-14-16(19)20-9-17-14;;;;;;/h4-6,8-14H,1-2H3;3-4,7-9,11-12H,1-2,5-6H2;1-2,6,8-11H,3-5H2;3-5,7-10H,1-2H3;1-6,8-9H;1H4;;;;;/q5*-1;;;;;;. The van der Waals surface area contributed by atoms with Gasteiger partial charge in [0.2, 0.25) is 0 Å². The van der Waals surface area contributed by atoms with E-state index in [1.807, 2.05) is 103 Å². The number of aromatic nitrogens is 11. The molecular formula is C95H69Ir5N12S-5. The smallest absolute Gasteiger partial charge is 0.187 e. The number of imidazole rings is 5. The fourth-order valence-electron chi connectivity index (χ4n) is 17.1. The van der Waals surface area contributed by atoms with Crippen LogP contribution in [0.25, 0.3) is 163 Å². The molecule has 113 heavy (non-hydrogen) atoms. The average Bonchev–Trinajstić information content (AvgIpc) is 1.67. The minimum absolute atomic E-state index is 0. The van der Waals surface area contributed by atoms with Crippen molar-refractivity contribution in [2.24, 2.45) is 0 Å². The maximum atomic E-state index is 7.28. The van der Waals surface area contributed by atoms with Crippen LogP contribution in [-0.2, 0) is 126 Å². The SMILES string of the molecule is C.Cc1cc2c3ccc[c-]c3c3nccn3c2cc1C.[C-]#[N+]c1cc(C)c(-c2ccc3c(c2)c2ccc[c-]c2c2nccn32)c(C)c1.[Ir].[Ir].[Ir].[Ir].[Ir].[c-]1cc2c(c3c1c1nccn1c1ccccc31)CCCC2.[c-]1cccc2c1c1nc3ncsc3n1c1ccccc21.[c-]1cccc2c1c1nccn1c1cc3c(cc21)CCC3. The molecule has 11 aromatic heterocycles. The van der Waals surface area contributed by atoms with Gasteiger partial charge in [-0.3, -0.25) is 24.9 Å². The predicted octanol–water partition coefficient (Wildman–Crippen LogP) is 23.3. The van der Waals surface area contributed by atoms with E-state index in [0.29, 0.717) is 5.69 Å². The molecule has 0 saturated heterocycles. The summed E-state index contributed by atoms with van der Waals surface area (Å²) < 4.78 is 10.9. The molecule has 24 rings (SSSR count). The van der Waals surface area contributed by atoms with Gasteiger partial charge in [-0.15, -0.1) is 153 Å². The van der Waals surface area contributed by atoms with Crippen molar-refractivity contribution in [3.63, 3.8) is 0 Å². The number of nitrogens with zero attached hydrogens (tertiary/aromatic N) is 12. The number of para-hydroxylation sites is 2. The summed E-state index contributed by atoms with van der Waals surface area (Å²) in [5, 5.41) is 18.0. The van der Waals surface area contributed by atoms with Crippen molar-refractivity contribution in [2.45, 2.75) is 80.1 Å². The van der Waals surface area contributed by atoms with Gasteiger partial charge in [-0.1, -0.05) is 143 Å². The van der Waals surface area contributed by atoms with Crippen molar-refractivity contribution < 1.29 is 101 Å². The molecule has 22 aromatic rings. The second-order valence-corrected chi connectivity index (χ2v) is 28.9. The summed E-state index contributed by atoms with van der Waals surface area (Å²) in [7, 11) is 0. The Morgan fingerprint density at radius 1 is 0.389 bits per heavy atom. The van der Waals surface area contributed by atoms with Crippen LogP contribution < -0.4 is 0 Å². The summed E-state index contributed by atoms with van der Waals surface area (Å²) in [6, 6.07) is 80.4. The van der Waals surface area contributed by atoms with Gasteiger partial charge in [0.05, 0.1) is 40.3 Å². The summed E-state index contributed by atoms with van der Waals surface area (Å²) in [4.78, 5) is 31.8. The number of hydrogen-bond donors (Lipinski definition) is 0. The fourth-order valence-corrected chi connectivity index (χ4v) is 17.8. The molecule has 12 nitrogen and oxygen atoms in total. The van der Waals surface area contributed by atoms with Crippen molar-refractivity contribution in [1.82, 2.24) is 51.9 Å². The number of fused-ring (bicyclic) bond motifs is 35. The molecule has 0 N–H and O–H groups in total. The molecule has 0 bridgehead atoms. The molecule has 0 amide bonds. The molecular weight excluding hydrogens is 2300 g/mol. The van der Waals surface area contributed by atoms with E-state index in [0.717, 1.165) is 82.3 Å². The van der Waals surface area contributed by atoms with E-state index in [9.17, 15) is 0 Å². The summed E-state index contributed by atoms with van der Waals surface area (Å²) in [6.45, 7) is 15.7. The topological polar surface area (TPSA) is 104 Å². The Balaban J connectivity index is 0.000000116. The van der Waals surface area contributed by atoms with Crippen LogP contribution in [0, 0.1) is 64.6 Å². The zero-order valence-electron chi connectivity index (χ0n) is 60.9. The third kappa shape index (κ3) is 13.5. The predicted molar refractivity (Wildman–Crippen MR) is 444 cm³/mol. The molecule has 2 aliphatic rings. The Labute approximate surface area is 724 Å². The Kier molecular flexibility index (Phi) is 23.2. The quantitative estimate of drug-likeness (QED) is 0.120. The van der Waals surface area contributed by atoms with Crippen molar-refractivity contribution in [1.29, 1.82) is 0 Å². The monoisotopic (exact) mass is 2370 g/mol. The second-order valence-electron chi connectivity index (χ2n) is 28.1. The van der Waals surface area contributed by atoms with E-state index in [1.54, 1.807) is 11.3 Å². The summed E-state index contributed by atoms with van der Waals surface area (Å²) in [5.74, 6) is 0. The van der Waals surface area contributed by atoms with Gasteiger partial charge < -0.3 is 22.0 Å². The van der Waals surface area contributed by atoms with E-state index in [4.69, 9.17) is 6.57 Å². The number of pyridine rings is 5. The van der Waals surface area contributed by atoms with Crippen LogP contribution >= 0.6 is 11.3 Å². The summed E-state index contributed by atoms with van der Waals surface area (Å²) in [5.41, 5.74) is 27.5. The van der Waals surface area contributed by atoms with Gasteiger partial charge in [-0.25, -0.2) is 9.83 Å². The van der Waals surface area contributed by atoms with Gasteiger partial charge in [-0.05, 0) is 144 Å². The van der Waals surface area contributed by atoms with Crippen LogP contribution in [-0.4, -0.2) is 51.9 Å². The molecule has 0 aliphatic heterocycles. The van der Waals surface area contributed by atoms with Crippen LogP contribution in [0.1, 0.15) is 71.2 Å². The summed E-state index contributed by atoms with van der Waals surface area (Å²) in [6.07, 6.45) is 24.2. The zero-order chi connectivity index (χ0) is 71.5. The molecule has 0 saturated carbocycles. The minimum Gasteiger partial charge on any atom is -0.340 e. The molecule has 18 heteroatoms. The van der Waals surface area contributed by atoms with Crippen LogP contribution in [0.5, 0.6) is 0 Å². The molecule has 11 heterocycles. The van der Waals surface area contributed by atoms with Crippen LogP contribution in [0.3, 0.4) is 0 Å². The van der Waals surface area contributed by atoms with Crippen LogP contribution in [0.15, 0.2) is 237 Å². The number of hydrogen-bond acceptors (Lipinski definition) is 7. The van der Waals surface area contributed by atoms with Crippen molar-refractivity contribution >= 4 is 164 Å². The first-order chi connectivity index (χ1) is 52.7. The van der Waals surface area contributed by atoms with Gasteiger partial charge in [0.1, 0.15) is 4.83 Å². The third-order valence-electron chi connectivity index (χ3n) is 22.0. The first-order valence-electron chi connectivity index (χ1n) is 36.4. The first-order valence-corrected chi connectivity index (χ1v) is 37.3. The number of rotatable bonds is 1. The van der Waals surface area contributed by atoms with E-state index < -0.39 is 0 Å². The van der Waals surface area contributed by atoms with Gasteiger partial charge in [0, 0.05) is 178 Å². The van der Waals surface area contributed by atoms with Gasteiger partial charge >= 0.3 is 0 Å². The van der Waals surface area contributed by atoms with Crippen molar-refractivity contribution in [2.75, 3.05) is 0 Å². The Bertz CT molecular complexity index is 7430.